The Bertz CT molecular complexity index is 1350. The molecule has 0 saturated carbocycles. The molecule has 2 aliphatic heterocycles. The third-order valence-corrected chi connectivity index (χ3v) is 8.89. The average Bonchev–Trinajstić information content (AvgIpc) is 3.93. The molecule has 2 aromatic heterocycles. The minimum atomic E-state index is -0.685. The van der Waals surface area contributed by atoms with Crippen LogP contribution in [-0.2, 0) is 41.8 Å². The number of carbonyl (C=O) groups excluding carboxylic acids is 4. The smallest absolute Gasteiger partial charge is 0.407 e. The summed E-state index contributed by atoms with van der Waals surface area (Å²) in [5.74, 6) is 0.887. The van der Waals surface area contributed by atoms with Crippen LogP contribution in [0, 0.1) is 11.8 Å². The second kappa shape index (κ2) is 18.5. The Labute approximate surface area is 293 Å². The lowest BCUT2D eigenvalue weighted by atomic mass is 10.0. The van der Waals surface area contributed by atoms with Crippen molar-refractivity contribution in [3.05, 3.63) is 47.6 Å². The highest BCUT2D eigenvalue weighted by molar-refractivity contribution is 5.87. The van der Waals surface area contributed by atoms with Crippen molar-refractivity contribution in [2.24, 2.45) is 11.8 Å². The van der Waals surface area contributed by atoms with Gasteiger partial charge in [-0.15, -0.1) is 0 Å². The number of alkyl carbamates (subject to hydrolysis) is 2. The van der Waals surface area contributed by atoms with Crippen molar-refractivity contribution in [2.45, 2.75) is 90.8 Å². The number of imidazole rings is 2. The van der Waals surface area contributed by atoms with Gasteiger partial charge in [-0.1, -0.05) is 39.8 Å². The van der Waals surface area contributed by atoms with Crippen LogP contribution in [0.2, 0.25) is 0 Å². The van der Waals surface area contributed by atoms with Gasteiger partial charge in [0.2, 0.25) is 11.8 Å². The summed E-state index contributed by atoms with van der Waals surface area (Å²) in [6, 6.07) is -1.77. The molecule has 0 aromatic carbocycles. The van der Waals surface area contributed by atoms with E-state index in [2.05, 4.69) is 30.6 Å². The highest BCUT2D eigenvalue weighted by atomic mass is 16.5. The Morgan fingerprint density at radius 1 is 0.760 bits per heavy atom. The molecule has 0 unspecified atom stereocenters. The number of aromatic nitrogens is 4. The van der Waals surface area contributed by atoms with Gasteiger partial charge in [0.05, 0.1) is 76.5 Å². The molecule has 4 heterocycles. The van der Waals surface area contributed by atoms with Gasteiger partial charge in [-0.2, -0.15) is 0 Å². The van der Waals surface area contributed by atoms with Crippen molar-refractivity contribution in [3.8, 4) is 0 Å². The lowest BCUT2D eigenvalue weighted by molar-refractivity contribution is -0.136. The standard InChI is InChI=1S/C34H52N8O8/c1-21(2)27(39-33(45)47-5)31(43)41-13-9-11-25(41)29-35-17-23(37-29)19-49-15-7-8-16-50-20-24-18-36-30(38-24)26-12-10-14-42(26)32(44)28(22(3)4)40-34(46)48-6/h7-8,17-18,21-22,25-28H,9-16,19-20H2,1-6H3,(H,35,37)(H,36,38)(H,39,45)(H,40,46)/b8-7+/t25-,26-,27-,28-/m0/s1. The van der Waals surface area contributed by atoms with Crippen molar-refractivity contribution in [3.63, 3.8) is 0 Å². The van der Waals surface area contributed by atoms with Crippen LogP contribution in [-0.4, -0.2) is 106 Å². The molecule has 16 nitrogen and oxygen atoms in total. The van der Waals surface area contributed by atoms with E-state index in [1.165, 1.54) is 14.2 Å². The summed E-state index contributed by atoms with van der Waals surface area (Å²) in [6.07, 6.45) is 9.17. The molecule has 2 aromatic rings. The van der Waals surface area contributed by atoms with Crippen molar-refractivity contribution < 1.29 is 38.1 Å². The van der Waals surface area contributed by atoms with Crippen LogP contribution < -0.4 is 10.6 Å². The maximum Gasteiger partial charge on any atom is 0.407 e. The number of carbonyl (C=O) groups is 4. The number of hydrogen-bond donors (Lipinski definition) is 4. The first-order chi connectivity index (χ1) is 24.0. The molecule has 2 fully saturated rings. The Morgan fingerprint density at radius 3 is 1.52 bits per heavy atom. The van der Waals surface area contributed by atoms with Crippen LogP contribution in [0.15, 0.2) is 24.5 Å². The number of H-pyrrole nitrogens is 2. The monoisotopic (exact) mass is 700 g/mol. The summed E-state index contributed by atoms with van der Waals surface area (Å²) < 4.78 is 21.0. The number of ether oxygens (including phenoxy) is 4. The Kier molecular flexibility index (Phi) is 14.2. The van der Waals surface area contributed by atoms with E-state index in [0.29, 0.717) is 51.2 Å². The van der Waals surface area contributed by atoms with E-state index in [4.69, 9.17) is 18.9 Å². The molecule has 4 N–H and O–H groups in total. The Hall–Kier alpha value is -4.44. The van der Waals surface area contributed by atoms with Gasteiger partial charge in [0, 0.05) is 13.1 Å². The van der Waals surface area contributed by atoms with E-state index >= 15 is 0 Å². The lowest BCUT2D eigenvalue weighted by Crippen LogP contribution is -2.51. The predicted octanol–water partition coefficient (Wildman–Crippen LogP) is 3.51. The van der Waals surface area contributed by atoms with Crippen LogP contribution in [0.5, 0.6) is 0 Å². The highest BCUT2D eigenvalue weighted by Crippen LogP contribution is 2.32. The summed E-state index contributed by atoms with van der Waals surface area (Å²) in [5.41, 5.74) is 1.60. The third-order valence-electron chi connectivity index (χ3n) is 8.89. The largest absolute Gasteiger partial charge is 0.453 e. The fraction of sp³-hybridized carbons (Fsp3) is 0.647. The summed E-state index contributed by atoms with van der Waals surface area (Å²) in [6.45, 7) is 10.1. The molecule has 4 atom stereocenters. The van der Waals surface area contributed by atoms with E-state index in [9.17, 15) is 19.2 Å². The summed E-state index contributed by atoms with van der Waals surface area (Å²) >= 11 is 0. The van der Waals surface area contributed by atoms with Gasteiger partial charge in [0.25, 0.3) is 0 Å². The first kappa shape index (κ1) is 38.4. The van der Waals surface area contributed by atoms with Crippen LogP contribution in [0.4, 0.5) is 9.59 Å². The molecule has 50 heavy (non-hydrogen) atoms. The van der Waals surface area contributed by atoms with Crippen molar-refractivity contribution in [2.75, 3.05) is 40.5 Å². The first-order valence-electron chi connectivity index (χ1n) is 17.2. The molecule has 0 bridgehead atoms. The van der Waals surface area contributed by atoms with Crippen molar-refractivity contribution >= 4 is 24.0 Å². The molecule has 0 radical (unpaired) electrons. The van der Waals surface area contributed by atoms with Crippen LogP contribution in [0.25, 0.3) is 0 Å². The number of nitrogens with zero attached hydrogens (tertiary/aromatic N) is 4. The SMILES string of the molecule is COC(=O)N[C@H](C(=O)N1CCC[C@H]1c1ncc(COC/C=C/COCc2cnc([C@@H]3CCCN3C(=O)[C@@H](NC(=O)OC)C(C)C)[nH]2)[nH]1)C(C)C. The summed E-state index contributed by atoms with van der Waals surface area (Å²) in [4.78, 5) is 69.5. The Morgan fingerprint density at radius 2 is 1.16 bits per heavy atom. The molecule has 4 amide bonds. The van der Waals surface area contributed by atoms with Gasteiger partial charge in [-0.05, 0) is 37.5 Å². The quantitative estimate of drug-likeness (QED) is 0.149. The zero-order valence-corrected chi connectivity index (χ0v) is 29.9. The van der Waals surface area contributed by atoms with Crippen LogP contribution in [0.3, 0.4) is 0 Å². The van der Waals surface area contributed by atoms with Gasteiger partial charge in [-0.25, -0.2) is 19.6 Å². The molecule has 4 rings (SSSR count). The summed E-state index contributed by atoms with van der Waals surface area (Å²) in [7, 11) is 2.56. The number of rotatable bonds is 16. The van der Waals surface area contributed by atoms with E-state index in [-0.39, 0.29) is 35.7 Å². The maximum atomic E-state index is 13.3. The van der Waals surface area contributed by atoms with Gasteiger partial charge in [-0.3, -0.25) is 9.59 Å². The predicted molar refractivity (Wildman–Crippen MR) is 181 cm³/mol. The van der Waals surface area contributed by atoms with Gasteiger partial charge in [0.15, 0.2) is 0 Å². The van der Waals surface area contributed by atoms with Crippen molar-refractivity contribution in [1.29, 1.82) is 0 Å². The number of likely N-dealkylation sites (tertiary alicyclic amines) is 2. The van der Waals surface area contributed by atoms with Gasteiger partial charge < -0.3 is 49.3 Å². The molecule has 0 aliphatic carbocycles. The maximum absolute atomic E-state index is 13.3. The zero-order valence-electron chi connectivity index (χ0n) is 29.9. The molecule has 16 heteroatoms. The number of hydrogen-bond acceptors (Lipinski definition) is 10. The second-order valence-electron chi connectivity index (χ2n) is 13.2. The van der Waals surface area contributed by atoms with E-state index in [1.807, 2.05) is 39.8 Å². The van der Waals surface area contributed by atoms with Gasteiger partial charge >= 0.3 is 12.2 Å². The molecular formula is C34H52N8O8. The highest BCUT2D eigenvalue weighted by Gasteiger charge is 2.38. The molecule has 2 saturated heterocycles. The van der Waals surface area contributed by atoms with E-state index in [0.717, 1.165) is 37.1 Å². The average molecular weight is 701 g/mol. The molecule has 276 valence electrons. The minimum absolute atomic E-state index is 0.102. The lowest BCUT2D eigenvalue weighted by Gasteiger charge is -2.30. The second-order valence-corrected chi connectivity index (χ2v) is 13.2. The van der Waals surface area contributed by atoms with Crippen LogP contribution >= 0.6 is 0 Å². The van der Waals surface area contributed by atoms with E-state index in [1.54, 1.807) is 22.2 Å². The number of methoxy groups -OCH3 is 2. The molecule has 2 aliphatic rings. The van der Waals surface area contributed by atoms with Gasteiger partial charge in [0.1, 0.15) is 23.7 Å². The summed E-state index contributed by atoms with van der Waals surface area (Å²) in [5, 5.41) is 5.32. The normalized spacial score (nSPS) is 19.0. The van der Waals surface area contributed by atoms with Crippen molar-refractivity contribution in [1.82, 2.24) is 40.4 Å². The topological polar surface area (TPSA) is 193 Å². The number of aromatic amines is 2. The molecule has 0 spiro atoms. The fourth-order valence-electron chi connectivity index (χ4n) is 6.23. The Balaban J connectivity index is 1.18. The van der Waals surface area contributed by atoms with Crippen LogP contribution in [0.1, 0.15) is 88.5 Å². The zero-order chi connectivity index (χ0) is 36.2. The third kappa shape index (κ3) is 10.1. The first-order valence-corrected chi connectivity index (χ1v) is 17.2. The number of nitrogens with one attached hydrogen (secondary N) is 4. The van der Waals surface area contributed by atoms with E-state index < -0.39 is 24.3 Å². The fourth-order valence-corrected chi connectivity index (χ4v) is 6.23. The minimum Gasteiger partial charge on any atom is -0.453 e. The number of amides is 4. The molecular weight excluding hydrogens is 648 g/mol.